The van der Waals surface area contributed by atoms with Crippen molar-refractivity contribution in [3.63, 3.8) is 0 Å². The van der Waals surface area contributed by atoms with Crippen LogP contribution in [0.15, 0.2) is 41.0 Å². The molecule has 1 heterocycles. The van der Waals surface area contributed by atoms with Crippen molar-refractivity contribution in [3.8, 4) is 0 Å². The number of hydrogen-bond acceptors (Lipinski definition) is 15. The zero-order valence-electron chi connectivity index (χ0n) is 38.3. The molecule has 1 aliphatic rings. The number of carbonyl (C=O) groups excluding carboxylic acids is 7. The molecule has 376 valence electrons. The number of aryl methyl sites for hydroxylation is 1. The van der Waals surface area contributed by atoms with Crippen molar-refractivity contribution in [1.29, 1.82) is 0 Å². The normalized spacial score (nSPS) is 24.8. The quantitative estimate of drug-likeness (QED) is 0.0300. The fraction of sp³-hybridized carbons (Fsp3) is 0.619. The summed E-state index contributed by atoms with van der Waals surface area (Å²) in [7, 11) is 0. The Labute approximate surface area is 395 Å². The number of carbonyl (C=O) groups is 7. The Hall–Kier alpha value is -5.47. The number of nitrogens with two attached hydrogens (primary N) is 5. The minimum absolute atomic E-state index is 0.00446. The highest BCUT2D eigenvalue weighted by Crippen LogP contribution is 2.14. The van der Waals surface area contributed by atoms with E-state index in [1.54, 1.807) is 18.2 Å². The molecular weight excluding hydrogens is 896 g/mol. The van der Waals surface area contributed by atoms with Gasteiger partial charge in [-0.15, -0.1) is 0 Å². The number of benzene rings is 1. The van der Waals surface area contributed by atoms with E-state index >= 15 is 0 Å². The summed E-state index contributed by atoms with van der Waals surface area (Å²) in [6, 6.07) is -1.49. The van der Waals surface area contributed by atoms with E-state index in [2.05, 4.69) is 47.5 Å². The number of halogens is 1. The van der Waals surface area contributed by atoms with E-state index in [1.165, 1.54) is 13.0 Å². The fourth-order valence-electron chi connectivity index (χ4n) is 6.92. The molecule has 1 saturated heterocycles. The van der Waals surface area contributed by atoms with Gasteiger partial charge in [-0.2, -0.15) is 0 Å². The lowest BCUT2D eigenvalue weighted by molar-refractivity contribution is -0.137. The molecule has 1 fully saturated rings. The standard InChI is InChI=1S/C42H71ClN14O10/c1-4-26-36(62)54-28(13-14-44)38(64)52-25(16-22(2)3)20-50-27(11-7-15-49-42(47)48)37(63)56-34(30(59)19-46)41(67)57-33(29(58)18-45)39(65)51-21-31(60)35(40(66)53-26)55-32(61)12-6-9-23-8-5-10-24(43)17-23/h4-5,8,10,17,22,25,27-31,33-35,50,58-60H,6-7,9,11-16,18-21,44-46H2,1-3H3,(H,51,65)(H,52,64)(H,53,66)(H,54,62)(H,55,61)(H,56,63)(H,57,67)(H4,47,48,49)/b26-4-/t25-,27-,28-,29?,30?,31?,33?,34?,35?/m0/s1. The molecule has 6 unspecified atom stereocenters. The van der Waals surface area contributed by atoms with E-state index in [0.717, 1.165) is 5.56 Å². The Morgan fingerprint density at radius 2 is 1.51 bits per heavy atom. The molecule has 0 radical (unpaired) electrons. The van der Waals surface area contributed by atoms with E-state index in [-0.39, 0.29) is 62.9 Å². The zero-order chi connectivity index (χ0) is 50.2. The lowest BCUT2D eigenvalue weighted by atomic mass is 10.0. The highest BCUT2D eigenvalue weighted by atomic mass is 35.5. The maximum Gasteiger partial charge on any atom is 0.268 e. The van der Waals surface area contributed by atoms with Gasteiger partial charge >= 0.3 is 0 Å². The van der Waals surface area contributed by atoms with Gasteiger partial charge in [0.1, 0.15) is 36.0 Å². The van der Waals surface area contributed by atoms with Crippen molar-refractivity contribution in [3.05, 3.63) is 46.6 Å². The van der Waals surface area contributed by atoms with Gasteiger partial charge in [0.25, 0.3) is 5.91 Å². The van der Waals surface area contributed by atoms with E-state index < -0.39 is 116 Å². The van der Waals surface area contributed by atoms with Crippen molar-refractivity contribution >= 4 is 58.9 Å². The second kappa shape index (κ2) is 30.0. The van der Waals surface area contributed by atoms with Gasteiger partial charge in [0.15, 0.2) is 5.96 Å². The first-order valence-electron chi connectivity index (χ1n) is 22.2. The van der Waals surface area contributed by atoms with Crippen LogP contribution in [-0.4, -0.2) is 156 Å². The van der Waals surface area contributed by atoms with Crippen LogP contribution in [0.3, 0.4) is 0 Å². The van der Waals surface area contributed by atoms with Crippen LogP contribution >= 0.6 is 11.6 Å². The van der Waals surface area contributed by atoms with Gasteiger partial charge in [-0.3, -0.25) is 38.6 Å². The number of aliphatic hydroxyl groups is 3. The maximum atomic E-state index is 14.0. The van der Waals surface area contributed by atoms with Crippen molar-refractivity contribution in [1.82, 2.24) is 42.5 Å². The lowest BCUT2D eigenvalue weighted by Crippen LogP contribution is -2.64. The monoisotopic (exact) mass is 967 g/mol. The van der Waals surface area contributed by atoms with E-state index in [0.29, 0.717) is 24.3 Å². The van der Waals surface area contributed by atoms with Crippen LogP contribution in [0.1, 0.15) is 64.9 Å². The predicted octanol–water partition coefficient (Wildman–Crippen LogP) is -5.36. The molecule has 0 bridgehead atoms. The van der Waals surface area contributed by atoms with Gasteiger partial charge in [0, 0.05) is 50.2 Å². The number of nitrogens with zero attached hydrogens (tertiary/aromatic N) is 1. The first kappa shape index (κ1) is 57.7. The fourth-order valence-corrected chi connectivity index (χ4v) is 7.14. The summed E-state index contributed by atoms with van der Waals surface area (Å²) in [6.07, 6.45) is -2.91. The Morgan fingerprint density at radius 3 is 2.10 bits per heavy atom. The molecule has 2 rings (SSSR count). The molecule has 67 heavy (non-hydrogen) atoms. The van der Waals surface area contributed by atoms with E-state index in [4.69, 9.17) is 40.3 Å². The van der Waals surface area contributed by atoms with Gasteiger partial charge < -0.3 is 86.5 Å². The minimum Gasteiger partial charge on any atom is -0.389 e. The number of amides is 7. The number of rotatable bonds is 17. The lowest BCUT2D eigenvalue weighted by Gasteiger charge is -2.30. The number of guanidine groups is 1. The Balaban J connectivity index is 2.63. The van der Waals surface area contributed by atoms with Crippen LogP contribution in [-0.2, 0) is 40.0 Å². The summed E-state index contributed by atoms with van der Waals surface area (Å²) in [5, 5.41) is 54.1. The number of aliphatic imine (C=N–C) groups is 1. The predicted molar refractivity (Wildman–Crippen MR) is 250 cm³/mol. The first-order valence-corrected chi connectivity index (χ1v) is 22.6. The Morgan fingerprint density at radius 1 is 0.866 bits per heavy atom. The SMILES string of the molecule is C/C=C1\NC(=O)C(NC(=O)CCCc2cccc(Cl)c2)C(O)CNC(=O)C(C(O)CN)NC(=O)C(C(O)CN)NC(=O)[C@H](CCCN=C(N)N)NC[C@H](CC(C)C)NC(=O)[C@H](CCN)NC1=O. The summed E-state index contributed by atoms with van der Waals surface area (Å²) >= 11 is 6.08. The number of hydrogen-bond donors (Lipinski definition) is 16. The molecule has 0 saturated carbocycles. The third-order valence-electron chi connectivity index (χ3n) is 10.5. The highest BCUT2D eigenvalue weighted by molar-refractivity contribution is 6.30. The number of β-amino-alcohol motifs (C(OH)–C–C–N with tert-alkyl or cyclic N) is 1. The van der Waals surface area contributed by atoms with Crippen LogP contribution in [0, 0.1) is 5.92 Å². The van der Waals surface area contributed by atoms with Crippen LogP contribution in [0.5, 0.6) is 0 Å². The third-order valence-corrected chi connectivity index (χ3v) is 10.7. The second-order valence-corrected chi connectivity index (χ2v) is 16.9. The Bertz CT molecular complexity index is 1870. The molecule has 25 heteroatoms. The van der Waals surface area contributed by atoms with E-state index in [1.807, 2.05) is 19.9 Å². The van der Waals surface area contributed by atoms with Crippen molar-refractivity contribution < 1.29 is 48.9 Å². The third kappa shape index (κ3) is 20.5. The zero-order valence-corrected chi connectivity index (χ0v) is 39.0. The molecule has 0 spiro atoms. The summed E-state index contributed by atoms with van der Waals surface area (Å²) in [6.45, 7) is 3.36. The minimum atomic E-state index is -1.91. The number of nitrogens with one attached hydrogen (secondary N) is 8. The number of allylic oxidation sites excluding steroid dienone is 1. The van der Waals surface area contributed by atoms with Crippen LogP contribution in [0.4, 0.5) is 0 Å². The van der Waals surface area contributed by atoms with Gasteiger partial charge in [-0.05, 0) is 75.6 Å². The molecular formula is C42H71ClN14O10. The van der Waals surface area contributed by atoms with Crippen molar-refractivity contribution in [2.75, 3.05) is 39.3 Å². The molecule has 1 aromatic rings. The highest BCUT2D eigenvalue weighted by Gasteiger charge is 2.37. The van der Waals surface area contributed by atoms with Gasteiger partial charge in [0.2, 0.25) is 35.4 Å². The molecule has 1 aromatic carbocycles. The van der Waals surface area contributed by atoms with Gasteiger partial charge in [-0.25, -0.2) is 0 Å². The summed E-state index contributed by atoms with van der Waals surface area (Å²) in [4.78, 5) is 100. The summed E-state index contributed by atoms with van der Waals surface area (Å²) in [5.41, 5.74) is 28.7. The van der Waals surface area contributed by atoms with Crippen LogP contribution in [0.25, 0.3) is 0 Å². The molecule has 24 nitrogen and oxygen atoms in total. The molecule has 9 atom stereocenters. The van der Waals surface area contributed by atoms with Crippen molar-refractivity contribution in [2.24, 2.45) is 39.6 Å². The topological polar surface area (TPSA) is 419 Å². The summed E-state index contributed by atoms with van der Waals surface area (Å²) in [5.74, 6) is -6.63. The van der Waals surface area contributed by atoms with E-state index in [9.17, 15) is 48.9 Å². The first-order chi connectivity index (χ1) is 31.7. The summed E-state index contributed by atoms with van der Waals surface area (Å²) < 4.78 is 0. The smallest absolute Gasteiger partial charge is 0.268 e. The maximum absolute atomic E-state index is 14.0. The average Bonchev–Trinajstić information content (AvgIpc) is 3.27. The number of aliphatic hydroxyl groups excluding tert-OH is 3. The second-order valence-electron chi connectivity index (χ2n) is 16.5. The molecule has 21 N–H and O–H groups in total. The molecule has 0 aromatic heterocycles. The molecule has 0 aliphatic carbocycles. The van der Waals surface area contributed by atoms with Gasteiger partial charge in [0.05, 0.1) is 18.2 Å². The van der Waals surface area contributed by atoms with Crippen LogP contribution in [0.2, 0.25) is 5.02 Å². The molecule has 7 amide bonds. The average molecular weight is 968 g/mol. The Kier molecular flexibility index (Phi) is 25.8. The largest absolute Gasteiger partial charge is 0.389 e. The van der Waals surface area contributed by atoms with Crippen molar-refractivity contribution in [2.45, 2.75) is 120 Å². The van der Waals surface area contributed by atoms with Gasteiger partial charge in [-0.1, -0.05) is 43.7 Å². The van der Waals surface area contributed by atoms with Crippen LogP contribution < -0.4 is 71.2 Å². The molecule has 1 aliphatic heterocycles.